The van der Waals surface area contributed by atoms with Gasteiger partial charge in [0.2, 0.25) is 29.4 Å². The zero-order valence-electron chi connectivity index (χ0n) is 31.9. The number of hydrogen-bond acceptors (Lipinski definition) is 10. The Hall–Kier alpha value is -4.72. The number of carbonyl (C=O) groups excluding carboxylic acids is 5. The number of ketones is 1. The van der Waals surface area contributed by atoms with Gasteiger partial charge in [0.25, 0.3) is 11.9 Å². The SMILES string of the molecule is CCCC(NC(=O)[C@@H]1C[C@@H](Oc2ccc(Cl)cn2)CN1C(=O)[C@@H](NC(=O)[C@@H](Nc1nc2ccccc2o1)C1CCCCC1)C(C)(C)C)C(=O)C(=O)NC1CC1. The van der Waals surface area contributed by atoms with E-state index in [0.29, 0.717) is 22.5 Å². The van der Waals surface area contributed by atoms with Crippen molar-refractivity contribution >= 4 is 58.1 Å². The number of nitrogens with one attached hydrogen (secondary N) is 4. The first-order valence-corrected chi connectivity index (χ1v) is 19.8. The third-order valence-electron chi connectivity index (χ3n) is 10.6. The maximum Gasteiger partial charge on any atom is 0.296 e. The Labute approximate surface area is 326 Å². The summed E-state index contributed by atoms with van der Waals surface area (Å²) in [6.07, 6.45) is 7.95. The zero-order valence-corrected chi connectivity index (χ0v) is 32.7. The number of oxazole rings is 1. The molecule has 1 aliphatic heterocycles. The molecule has 5 atom stereocenters. The summed E-state index contributed by atoms with van der Waals surface area (Å²) in [7, 11) is 0. The van der Waals surface area contributed by atoms with Crippen LogP contribution in [0.25, 0.3) is 11.1 Å². The quantitative estimate of drug-likeness (QED) is 0.154. The average molecular weight is 778 g/mol. The van der Waals surface area contributed by atoms with E-state index in [-0.39, 0.29) is 49.1 Å². The van der Waals surface area contributed by atoms with Crippen LogP contribution >= 0.6 is 11.6 Å². The molecule has 2 aliphatic carbocycles. The van der Waals surface area contributed by atoms with Gasteiger partial charge in [-0.1, -0.05) is 77.1 Å². The number of anilines is 1. The van der Waals surface area contributed by atoms with Crippen LogP contribution in [0.15, 0.2) is 47.0 Å². The molecule has 6 rings (SSSR count). The Balaban J connectivity index is 1.25. The van der Waals surface area contributed by atoms with Crippen molar-refractivity contribution < 1.29 is 33.1 Å². The van der Waals surface area contributed by atoms with Gasteiger partial charge in [0, 0.05) is 24.7 Å². The molecule has 1 unspecified atom stereocenters. The van der Waals surface area contributed by atoms with Crippen LogP contribution < -0.4 is 26.0 Å². The molecule has 3 fully saturated rings. The Kier molecular flexibility index (Phi) is 12.6. The molecule has 14 nitrogen and oxygen atoms in total. The summed E-state index contributed by atoms with van der Waals surface area (Å²) in [6.45, 7) is 7.42. The molecule has 0 spiro atoms. The van der Waals surface area contributed by atoms with Crippen molar-refractivity contribution in [2.24, 2.45) is 11.3 Å². The predicted octanol–water partition coefficient (Wildman–Crippen LogP) is 4.95. The molecule has 0 bridgehead atoms. The third kappa shape index (κ3) is 10.1. The number of fused-ring (bicyclic) bond motifs is 1. The Morgan fingerprint density at radius 2 is 1.75 bits per heavy atom. The first-order valence-electron chi connectivity index (χ1n) is 19.5. The summed E-state index contributed by atoms with van der Waals surface area (Å²) in [5.74, 6) is -2.67. The number of amides is 4. The number of halogens is 1. The van der Waals surface area contributed by atoms with E-state index in [1.807, 2.05) is 52.0 Å². The highest BCUT2D eigenvalue weighted by atomic mass is 35.5. The minimum atomic E-state index is -1.07. The largest absolute Gasteiger partial charge is 0.472 e. The number of rotatable bonds is 15. The molecule has 3 heterocycles. The topological polar surface area (TPSA) is 185 Å². The lowest BCUT2D eigenvalue weighted by molar-refractivity contribution is -0.145. The second kappa shape index (κ2) is 17.4. The van der Waals surface area contributed by atoms with Crippen LogP contribution in [-0.4, -0.2) is 87.1 Å². The van der Waals surface area contributed by atoms with Crippen LogP contribution in [0.4, 0.5) is 6.01 Å². The van der Waals surface area contributed by atoms with Gasteiger partial charge < -0.3 is 35.3 Å². The normalized spacial score (nSPS) is 20.6. The van der Waals surface area contributed by atoms with Crippen molar-refractivity contribution in [1.29, 1.82) is 0 Å². The smallest absolute Gasteiger partial charge is 0.296 e. The molecular weight excluding hydrogens is 726 g/mol. The van der Waals surface area contributed by atoms with Gasteiger partial charge in [-0.15, -0.1) is 0 Å². The standard InChI is InChI=1S/C40H52ClN7O7/c1-5-11-28(33(49)37(52)43-25-17-18-25)44-35(50)29-20-26(54-31-19-16-24(41)21-42-31)22-48(29)38(53)34(40(2,3)4)47-36(51)32(23-12-7-6-8-13-23)46-39-45-27-14-9-10-15-30(27)55-39/h9-10,14-16,19,21,23,25-26,28-29,32,34H,5-8,11-13,17-18,20,22H2,1-4H3,(H,43,52)(H,44,50)(H,45,46)(H,47,51)/t26-,28?,29+,32+,34-/m1/s1. The van der Waals surface area contributed by atoms with E-state index >= 15 is 0 Å². The zero-order chi connectivity index (χ0) is 39.3. The van der Waals surface area contributed by atoms with Crippen LogP contribution in [0.1, 0.15) is 91.9 Å². The minimum Gasteiger partial charge on any atom is -0.472 e. The van der Waals surface area contributed by atoms with Gasteiger partial charge in [-0.25, -0.2) is 4.98 Å². The number of pyridine rings is 1. The van der Waals surface area contributed by atoms with Crippen molar-refractivity contribution in [2.45, 2.75) is 128 Å². The van der Waals surface area contributed by atoms with Gasteiger partial charge in [-0.3, -0.25) is 24.0 Å². The fourth-order valence-electron chi connectivity index (χ4n) is 7.42. The van der Waals surface area contributed by atoms with Crippen molar-refractivity contribution in [3.63, 3.8) is 0 Å². The van der Waals surface area contributed by atoms with Gasteiger partial charge >= 0.3 is 0 Å². The first-order chi connectivity index (χ1) is 26.3. The van der Waals surface area contributed by atoms with E-state index in [0.717, 1.165) is 44.9 Å². The predicted molar refractivity (Wildman–Crippen MR) is 206 cm³/mol. The monoisotopic (exact) mass is 777 g/mol. The van der Waals surface area contributed by atoms with Crippen LogP contribution in [0.3, 0.4) is 0 Å². The van der Waals surface area contributed by atoms with Gasteiger partial charge in [-0.2, -0.15) is 4.98 Å². The Bertz CT molecular complexity index is 1820. The Morgan fingerprint density at radius 1 is 1.00 bits per heavy atom. The maximum atomic E-state index is 14.8. The molecule has 1 aromatic carbocycles. The lowest BCUT2D eigenvalue weighted by Gasteiger charge is -2.37. The Morgan fingerprint density at radius 3 is 2.40 bits per heavy atom. The summed E-state index contributed by atoms with van der Waals surface area (Å²) in [4.78, 5) is 79.5. The average Bonchev–Trinajstić information content (AvgIpc) is 3.72. The summed E-state index contributed by atoms with van der Waals surface area (Å²) >= 11 is 6.04. The van der Waals surface area contributed by atoms with E-state index in [1.165, 1.54) is 11.1 Å². The van der Waals surface area contributed by atoms with Crippen molar-refractivity contribution in [1.82, 2.24) is 30.8 Å². The summed E-state index contributed by atoms with van der Waals surface area (Å²) in [6, 6.07) is 6.84. The fourth-order valence-corrected chi connectivity index (χ4v) is 7.54. The molecule has 2 aromatic heterocycles. The van der Waals surface area contributed by atoms with Gasteiger partial charge in [0.1, 0.15) is 29.7 Å². The molecule has 4 N–H and O–H groups in total. The van der Waals surface area contributed by atoms with Crippen LogP contribution in [0.2, 0.25) is 5.02 Å². The van der Waals surface area contributed by atoms with E-state index in [9.17, 15) is 24.0 Å². The molecule has 55 heavy (non-hydrogen) atoms. The molecule has 4 amide bonds. The van der Waals surface area contributed by atoms with E-state index < -0.39 is 59.2 Å². The number of hydrogen-bond donors (Lipinski definition) is 4. The maximum absolute atomic E-state index is 14.8. The molecule has 0 radical (unpaired) electrons. The number of likely N-dealkylation sites (tertiary alicyclic amines) is 1. The van der Waals surface area contributed by atoms with Crippen molar-refractivity contribution in [2.75, 3.05) is 11.9 Å². The molecule has 3 aliphatic rings. The number of aromatic nitrogens is 2. The molecule has 296 valence electrons. The van der Waals surface area contributed by atoms with Crippen molar-refractivity contribution in [3.05, 3.63) is 47.6 Å². The lowest BCUT2D eigenvalue weighted by Crippen LogP contribution is -2.61. The summed E-state index contributed by atoms with van der Waals surface area (Å²) < 4.78 is 12.1. The number of ether oxygens (including phenoxy) is 1. The molecule has 3 aromatic rings. The van der Waals surface area contributed by atoms with Crippen LogP contribution in [0, 0.1) is 11.3 Å². The molecule has 15 heteroatoms. The third-order valence-corrected chi connectivity index (χ3v) is 10.8. The van der Waals surface area contributed by atoms with Crippen LogP contribution in [-0.2, 0) is 24.0 Å². The number of carbonyl (C=O) groups is 5. The minimum absolute atomic E-state index is 0.00540. The number of Topliss-reactive ketones (excluding diaryl/α,β-unsaturated/α-hetero) is 1. The summed E-state index contributed by atoms with van der Waals surface area (Å²) in [5, 5.41) is 12.2. The number of para-hydroxylation sites is 2. The van der Waals surface area contributed by atoms with Crippen LogP contribution in [0.5, 0.6) is 5.88 Å². The van der Waals surface area contributed by atoms with E-state index in [1.54, 1.807) is 12.1 Å². The number of benzene rings is 1. The van der Waals surface area contributed by atoms with Crippen molar-refractivity contribution in [3.8, 4) is 5.88 Å². The van der Waals surface area contributed by atoms with E-state index in [4.69, 9.17) is 20.8 Å². The van der Waals surface area contributed by atoms with Gasteiger partial charge in [0.05, 0.1) is 17.6 Å². The second-order valence-corrected chi connectivity index (χ2v) is 16.5. The van der Waals surface area contributed by atoms with Gasteiger partial charge in [-0.05, 0) is 61.6 Å². The highest BCUT2D eigenvalue weighted by Crippen LogP contribution is 2.32. The molecular formula is C40H52ClN7O7. The van der Waals surface area contributed by atoms with E-state index in [2.05, 4.69) is 31.2 Å². The first kappa shape index (κ1) is 40.0. The highest BCUT2D eigenvalue weighted by molar-refractivity contribution is 6.38. The highest BCUT2D eigenvalue weighted by Gasteiger charge is 2.47. The molecule has 2 saturated carbocycles. The van der Waals surface area contributed by atoms with Gasteiger partial charge in [0.15, 0.2) is 5.58 Å². The fraction of sp³-hybridized carbons (Fsp3) is 0.575. The second-order valence-electron chi connectivity index (χ2n) is 16.1. The number of nitrogens with zero attached hydrogens (tertiary/aromatic N) is 3. The lowest BCUT2D eigenvalue weighted by atomic mass is 9.82. The summed E-state index contributed by atoms with van der Waals surface area (Å²) in [5.41, 5.74) is 0.456. The molecule has 1 saturated heterocycles.